The minimum atomic E-state index is 0.157. The highest BCUT2D eigenvalue weighted by molar-refractivity contribution is 5.36. The smallest absolute Gasteiger partial charge is 0.119 e. The van der Waals surface area contributed by atoms with E-state index in [-0.39, 0.29) is 18.4 Å². The second kappa shape index (κ2) is 6.29. The number of benzene rings is 2. The molecular weight excluding hydrogens is 262 g/mol. The topological polar surface area (TPSA) is 43.7 Å². The quantitative estimate of drug-likeness (QED) is 0.906. The molecule has 3 nitrogen and oxygen atoms in total. The van der Waals surface area contributed by atoms with Crippen molar-refractivity contribution >= 4 is 0 Å². The normalized spacial score (nSPS) is 22.5. The van der Waals surface area contributed by atoms with Gasteiger partial charge in [0.15, 0.2) is 0 Å². The SMILES string of the molecule is OC[C@H]1CN(Cc2ccccc2)C[C@H]1c1ccccc1O. The van der Waals surface area contributed by atoms with Gasteiger partial charge in [0.05, 0.1) is 0 Å². The molecule has 0 saturated carbocycles. The van der Waals surface area contributed by atoms with Gasteiger partial charge in [0.2, 0.25) is 0 Å². The molecule has 0 aliphatic carbocycles. The summed E-state index contributed by atoms with van der Waals surface area (Å²) in [5.74, 6) is 0.712. The number of rotatable bonds is 4. The molecule has 0 bridgehead atoms. The summed E-state index contributed by atoms with van der Waals surface area (Å²) in [6, 6.07) is 17.9. The van der Waals surface area contributed by atoms with Gasteiger partial charge < -0.3 is 10.2 Å². The van der Waals surface area contributed by atoms with Crippen molar-refractivity contribution in [3.63, 3.8) is 0 Å². The maximum Gasteiger partial charge on any atom is 0.119 e. The van der Waals surface area contributed by atoms with Crippen molar-refractivity contribution in [1.29, 1.82) is 0 Å². The number of likely N-dealkylation sites (tertiary alicyclic amines) is 1. The van der Waals surface area contributed by atoms with E-state index in [1.807, 2.05) is 24.3 Å². The molecule has 1 aliphatic heterocycles. The number of aliphatic hydroxyl groups is 1. The Hall–Kier alpha value is -1.84. The van der Waals surface area contributed by atoms with Crippen LogP contribution >= 0.6 is 0 Å². The highest BCUT2D eigenvalue weighted by Gasteiger charge is 2.34. The molecule has 1 aliphatic rings. The van der Waals surface area contributed by atoms with Crippen LogP contribution in [0.3, 0.4) is 0 Å². The standard InChI is InChI=1S/C18H21NO2/c20-13-15-11-19(10-14-6-2-1-3-7-14)12-17(15)16-8-4-5-9-18(16)21/h1-9,15,17,20-21H,10-13H2/t15-,17-/m1/s1. The van der Waals surface area contributed by atoms with Crippen molar-refractivity contribution in [3.8, 4) is 5.75 Å². The number of phenolic OH excluding ortho intramolecular Hbond substituents is 1. The van der Waals surface area contributed by atoms with Crippen molar-refractivity contribution in [2.75, 3.05) is 19.7 Å². The highest BCUT2D eigenvalue weighted by Crippen LogP contribution is 2.37. The number of phenols is 1. The minimum Gasteiger partial charge on any atom is -0.508 e. The lowest BCUT2D eigenvalue weighted by Crippen LogP contribution is -2.20. The number of aromatic hydroxyl groups is 1. The first-order chi connectivity index (χ1) is 10.3. The molecule has 0 aromatic heterocycles. The van der Waals surface area contributed by atoms with E-state index in [1.165, 1.54) is 5.56 Å². The van der Waals surface area contributed by atoms with Gasteiger partial charge in [-0.1, -0.05) is 48.5 Å². The zero-order chi connectivity index (χ0) is 14.7. The van der Waals surface area contributed by atoms with E-state index in [4.69, 9.17) is 0 Å². The molecule has 2 aromatic carbocycles. The Balaban J connectivity index is 1.76. The van der Waals surface area contributed by atoms with Crippen LogP contribution in [0.4, 0.5) is 0 Å². The van der Waals surface area contributed by atoms with Crippen LogP contribution in [0.15, 0.2) is 54.6 Å². The molecule has 0 amide bonds. The molecule has 1 heterocycles. The van der Waals surface area contributed by atoms with Gasteiger partial charge in [0, 0.05) is 38.1 Å². The number of aliphatic hydroxyl groups excluding tert-OH is 1. The summed E-state index contributed by atoms with van der Waals surface area (Å²) in [6.45, 7) is 2.79. The summed E-state index contributed by atoms with van der Waals surface area (Å²) in [5.41, 5.74) is 2.24. The summed E-state index contributed by atoms with van der Waals surface area (Å²) in [4.78, 5) is 2.35. The summed E-state index contributed by atoms with van der Waals surface area (Å²) < 4.78 is 0. The Morgan fingerprint density at radius 3 is 2.38 bits per heavy atom. The molecule has 1 fully saturated rings. The van der Waals surface area contributed by atoms with Crippen LogP contribution in [0.2, 0.25) is 0 Å². The van der Waals surface area contributed by atoms with Crippen molar-refractivity contribution in [1.82, 2.24) is 4.90 Å². The van der Waals surface area contributed by atoms with Gasteiger partial charge in [-0.25, -0.2) is 0 Å². The van der Waals surface area contributed by atoms with Crippen LogP contribution in [-0.4, -0.2) is 34.8 Å². The van der Waals surface area contributed by atoms with Crippen LogP contribution in [0.25, 0.3) is 0 Å². The van der Waals surface area contributed by atoms with E-state index in [9.17, 15) is 10.2 Å². The van der Waals surface area contributed by atoms with Crippen LogP contribution in [0.1, 0.15) is 17.0 Å². The van der Waals surface area contributed by atoms with Gasteiger partial charge in [-0.2, -0.15) is 0 Å². The third-order valence-corrected chi connectivity index (χ3v) is 4.34. The fourth-order valence-electron chi connectivity index (χ4n) is 3.27. The molecule has 1 saturated heterocycles. The minimum absolute atomic E-state index is 0.157. The fraction of sp³-hybridized carbons (Fsp3) is 0.333. The van der Waals surface area contributed by atoms with Crippen molar-refractivity contribution in [2.24, 2.45) is 5.92 Å². The van der Waals surface area contributed by atoms with E-state index in [0.29, 0.717) is 5.75 Å². The lowest BCUT2D eigenvalue weighted by atomic mass is 9.89. The van der Waals surface area contributed by atoms with Crippen LogP contribution in [0, 0.1) is 5.92 Å². The Kier molecular flexibility index (Phi) is 4.23. The average molecular weight is 283 g/mol. The van der Waals surface area contributed by atoms with E-state index >= 15 is 0 Å². The predicted octanol–water partition coefficient (Wildman–Crippen LogP) is 2.60. The van der Waals surface area contributed by atoms with Crippen LogP contribution < -0.4 is 0 Å². The summed E-state index contributed by atoms with van der Waals surface area (Å²) >= 11 is 0. The maximum atomic E-state index is 10.1. The molecule has 0 spiro atoms. The first kappa shape index (κ1) is 14.1. The van der Waals surface area contributed by atoms with Gasteiger partial charge in [0.25, 0.3) is 0 Å². The zero-order valence-corrected chi connectivity index (χ0v) is 12.0. The summed E-state index contributed by atoms with van der Waals surface area (Å²) in [5, 5.41) is 19.7. The lowest BCUT2D eigenvalue weighted by Gasteiger charge is -2.17. The van der Waals surface area contributed by atoms with Crippen LogP contribution in [-0.2, 0) is 6.54 Å². The molecule has 2 atom stereocenters. The van der Waals surface area contributed by atoms with E-state index in [1.54, 1.807) is 6.07 Å². The summed E-state index contributed by atoms with van der Waals surface area (Å²) in [7, 11) is 0. The maximum absolute atomic E-state index is 10.1. The van der Waals surface area contributed by atoms with Gasteiger partial charge in [0.1, 0.15) is 5.75 Å². The molecule has 0 unspecified atom stereocenters. The van der Waals surface area contributed by atoms with E-state index < -0.39 is 0 Å². The largest absolute Gasteiger partial charge is 0.508 e. The van der Waals surface area contributed by atoms with Gasteiger partial charge >= 0.3 is 0 Å². The molecule has 21 heavy (non-hydrogen) atoms. The number of hydrogen-bond acceptors (Lipinski definition) is 3. The zero-order valence-electron chi connectivity index (χ0n) is 12.0. The number of nitrogens with zero attached hydrogens (tertiary/aromatic N) is 1. The number of hydrogen-bond donors (Lipinski definition) is 2. The predicted molar refractivity (Wildman–Crippen MR) is 83.1 cm³/mol. The van der Waals surface area contributed by atoms with Crippen LogP contribution in [0.5, 0.6) is 5.75 Å². The Bertz CT molecular complexity index is 585. The molecular formula is C18H21NO2. The van der Waals surface area contributed by atoms with Gasteiger partial charge in [-0.3, -0.25) is 4.90 Å². The van der Waals surface area contributed by atoms with Gasteiger partial charge in [-0.05, 0) is 17.2 Å². The highest BCUT2D eigenvalue weighted by atomic mass is 16.3. The molecule has 2 aromatic rings. The second-order valence-electron chi connectivity index (χ2n) is 5.79. The van der Waals surface area contributed by atoms with E-state index in [0.717, 1.165) is 25.2 Å². The third kappa shape index (κ3) is 3.09. The van der Waals surface area contributed by atoms with Gasteiger partial charge in [-0.15, -0.1) is 0 Å². The lowest BCUT2D eigenvalue weighted by molar-refractivity contribution is 0.213. The fourth-order valence-corrected chi connectivity index (χ4v) is 3.27. The monoisotopic (exact) mass is 283 g/mol. The van der Waals surface area contributed by atoms with Crippen molar-refractivity contribution < 1.29 is 10.2 Å². The van der Waals surface area contributed by atoms with E-state index in [2.05, 4.69) is 29.2 Å². The molecule has 3 heteroatoms. The Morgan fingerprint density at radius 1 is 0.952 bits per heavy atom. The first-order valence-corrected chi connectivity index (χ1v) is 7.43. The second-order valence-corrected chi connectivity index (χ2v) is 5.79. The average Bonchev–Trinajstić information content (AvgIpc) is 2.91. The Labute approximate surface area is 125 Å². The molecule has 3 rings (SSSR count). The third-order valence-electron chi connectivity index (χ3n) is 4.34. The number of para-hydroxylation sites is 1. The molecule has 2 N–H and O–H groups in total. The summed E-state index contributed by atoms with van der Waals surface area (Å²) in [6.07, 6.45) is 0. The molecule has 0 radical (unpaired) electrons. The Morgan fingerprint density at radius 2 is 1.67 bits per heavy atom. The van der Waals surface area contributed by atoms with Crippen molar-refractivity contribution in [3.05, 3.63) is 65.7 Å². The first-order valence-electron chi connectivity index (χ1n) is 7.43. The molecule has 110 valence electrons. The van der Waals surface area contributed by atoms with Crippen molar-refractivity contribution in [2.45, 2.75) is 12.5 Å².